The minimum Gasteiger partial charge on any atom is -0.381 e. The Balaban J connectivity index is 2.07. The van der Waals surface area contributed by atoms with Gasteiger partial charge < -0.3 is 9.30 Å². The summed E-state index contributed by atoms with van der Waals surface area (Å²) in [7, 11) is 0. The van der Waals surface area contributed by atoms with E-state index >= 15 is 0 Å². The van der Waals surface area contributed by atoms with E-state index in [0.717, 1.165) is 43.9 Å². The second kappa shape index (κ2) is 5.88. The molecule has 0 bridgehead atoms. The van der Waals surface area contributed by atoms with E-state index in [1.54, 1.807) is 0 Å². The number of hydrogen-bond donors (Lipinski definition) is 0. The molecule has 0 N–H and O–H groups in total. The fraction of sp³-hybridized carbons (Fsp3) is 0.526. The van der Waals surface area contributed by atoms with Gasteiger partial charge in [0.1, 0.15) is 5.82 Å². The van der Waals surface area contributed by atoms with Crippen LogP contribution in [0.1, 0.15) is 38.1 Å². The van der Waals surface area contributed by atoms with Crippen LogP contribution in [0.25, 0.3) is 11.0 Å². The van der Waals surface area contributed by atoms with E-state index in [2.05, 4.69) is 50.1 Å². The van der Waals surface area contributed by atoms with E-state index in [4.69, 9.17) is 9.72 Å². The van der Waals surface area contributed by atoms with E-state index < -0.39 is 0 Å². The maximum absolute atomic E-state index is 5.50. The predicted octanol–water partition coefficient (Wildman–Crippen LogP) is 4.23. The molecule has 1 aromatic carbocycles. The Hall–Kier alpha value is -1.61. The van der Waals surface area contributed by atoms with E-state index in [1.165, 1.54) is 11.1 Å². The summed E-state index contributed by atoms with van der Waals surface area (Å²) in [6.45, 7) is 13.3. The van der Waals surface area contributed by atoms with Crippen molar-refractivity contribution in [2.75, 3.05) is 13.2 Å². The van der Waals surface area contributed by atoms with E-state index in [-0.39, 0.29) is 5.41 Å². The van der Waals surface area contributed by atoms with Crippen molar-refractivity contribution in [1.82, 2.24) is 9.55 Å². The van der Waals surface area contributed by atoms with Crippen molar-refractivity contribution in [3.05, 3.63) is 42.2 Å². The minimum atomic E-state index is -0.127. The Bertz CT molecular complexity index is 678. The zero-order valence-corrected chi connectivity index (χ0v) is 13.9. The van der Waals surface area contributed by atoms with Gasteiger partial charge in [-0.1, -0.05) is 12.1 Å². The van der Waals surface area contributed by atoms with Crippen LogP contribution in [0.4, 0.5) is 0 Å². The number of aryl methyl sites for hydroxylation is 1. The van der Waals surface area contributed by atoms with Crippen molar-refractivity contribution in [3.63, 3.8) is 0 Å². The summed E-state index contributed by atoms with van der Waals surface area (Å²) in [5.74, 6) is 1.79. The van der Waals surface area contributed by atoms with Crippen molar-refractivity contribution in [2.24, 2.45) is 5.92 Å². The van der Waals surface area contributed by atoms with Crippen LogP contribution in [0, 0.1) is 12.8 Å². The zero-order chi connectivity index (χ0) is 15.7. The van der Waals surface area contributed by atoms with Crippen LogP contribution in [0.15, 0.2) is 30.9 Å². The van der Waals surface area contributed by atoms with Crippen LogP contribution in [0.2, 0.25) is 0 Å². The molecule has 1 aliphatic rings. The first-order chi connectivity index (χ1) is 10.5. The first-order valence-electron chi connectivity index (χ1n) is 8.20. The topological polar surface area (TPSA) is 27.1 Å². The molecule has 3 nitrogen and oxygen atoms in total. The molecule has 2 aromatic rings. The summed E-state index contributed by atoms with van der Waals surface area (Å²) >= 11 is 0. The number of imidazole rings is 1. The van der Waals surface area contributed by atoms with Gasteiger partial charge in [-0.05, 0) is 57.2 Å². The molecule has 1 aromatic heterocycles. The number of hydrogen-bond acceptors (Lipinski definition) is 2. The lowest BCUT2D eigenvalue weighted by Gasteiger charge is -2.26. The number of fused-ring (bicyclic) bond motifs is 1. The molecule has 0 amide bonds. The SMILES string of the molecule is C=CC(C)(C)c1nc2cc(C)ccc2n1CC1CCOCC1. The molecule has 0 radical (unpaired) electrons. The Morgan fingerprint density at radius 3 is 2.77 bits per heavy atom. The molecule has 3 heteroatoms. The third-order valence-electron chi connectivity index (χ3n) is 4.77. The van der Waals surface area contributed by atoms with Gasteiger partial charge in [0.2, 0.25) is 0 Å². The van der Waals surface area contributed by atoms with E-state index in [0.29, 0.717) is 5.92 Å². The normalized spacial score (nSPS) is 17.0. The highest BCUT2D eigenvalue weighted by Gasteiger charge is 2.26. The summed E-state index contributed by atoms with van der Waals surface area (Å²) in [5.41, 5.74) is 3.46. The van der Waals surface area contributed by atoms with E-state index in [9.17, 15) is 0 Å². The molecule has 1 fully saturated rings. The fourth-order valence-corrected chi connectivity index (χ4v) is 3.19. The molecule has 0 saturated carbocycles. The maximum atomic E-state index is 5.50. The molecule has 1 aliphatic heterocycles. The van der Waals surface area contributed by atoms with Gasteiger partial charge in [0.05, 0.1) is 11.0 Å². The van der Waals surface area contributed by atoms with Crippen LogP contribution in [-0.2, 0) is 16.7 Å². The molecule has 0 spiro atoms. The quantitative estimate of drug-likeness (QED) is 0.790. The Labute approximate surface area is 133 Å². The maximum Gasteiger partial charge on any atom is 0.119 e. The first-order valence-corrected chi connectivity index (χ1v) is 8.20. The smallest absolute Gasteiger partial charge is 0.119 e. The van der Waals surface area contributed by atoms with Gasteiger partial charge in [-0.2, -0.15) is 0 Å². The van der Waals surface area contributed by atoms with Crippen molar-refractivity contribution in [1.29, 1.82) is 0 Å². The van der Waals surface area contributed by atoms with Gasteiger partial charge in [-0.25, -0.2) is 4.98 Å². The second-order valence-corrected chi connectivity index (χ2v) is 7.02. The van der Waals surface area contributed by atoms with Gasteiger partial charge >= 0.3 is 0 Å². The largest absolute Gasteiger partial charge is 0.381 e. The molecule has 22 heavy (non-hydrogen) atoms. The number of rotatable bonds is 4. The van der Waals surface area contributed by atoms with Gasteiger partial charge in [0, 0.05) is 25.2 Å². The number of benzene rings is 1. The average molecular weight is 298 g/mol. The molecular formula is C19H26N2O. The Kier molecular flexibility index (Phi) is 4.09. The molecule has 0 atom stereocenters. The molecule has 0 unspecified atom stereocenters. The molecule has 118 valence electrons. The second-order valence-electron chi connectivity index (χ2n) is 7.02. The summed E-state index contributed by atoms with van der Waals surface area (Å²) in [5, 5.41) is 0. The van der Waals surface area contributed by atoms with Crippen LogP contribution in [-0.4, -0.2) is 22.8 Å². The molecule has 3 rings (SSSR count). The number of ether oxygens (including phenoxy) is 1. The fourth-order valence-electron chi connectivity index (χ4n) is 3.19. The Morgan fingerprint density at radius 2 is 2.09 bits per heavy atom. The summed E-state index contributed by atoms with van der Waals surface area (Å²) < 4.78 is 7.91. The number of aromatic nitrogens is 2. The van der Waals surface area contributed by atoms with Gasteiger partial charge in [0.15, 0.2) is 0 Å². The van der Waals surface area contributed by atoms with Gasteiger partial charge in [-0.15, -0.1) is 6.58 Å². The van der Waals surface area contributed by atoms with Crippen LogP contribution in [0.5, 0.6) is 0 Å². The Morgan fingerprint density at radius 1 is 1.36 bits per heavy atom. The highest BCUT2D eigenvalue weighted by atomic mass is 16.5. The monoisotopic (exact) mass is 298 g/mol. The third kappa shape index (κ3) is 2.82. The zero-order valence-electron chi connectivity index (χ0n) is 13.9. The first kappa shape index (κ1) is 15.3. The number of nitrogens with zero attached hydrogens (tertiary/aromatic N) is 2. The van der Waals surface area contributed by atoms with E-state index in [1.807, 2.05) is 6.08 Å². The highest BCUT2D eigenvalue weighted by molar-refractivity contribution is 5.77. The lowest BCUT2D eigenvalue weighted by atomic mass is 9.92. The summed E-state index contributed by atoms with van der Waals surface area (Å²) in [4.78, 5) is 4.94. The van der Waals surface area contributed by atoms with Crippen LogP contribution >= 0.6 is 0 Å². The third-order valence-corrected chi connectivity index (χ3v) is 4.77. The van der Waals surface area contributed by atoms with Crippen molar-refractivity contribution in [2.45, 2.75) is 45.6 Å². The molecular weight excluding hydrogens is 272 g/mol. The van der Waals surface area contributed by atoms with Crippen molar-refractivity contribution in [3.8, 4) is 0 Å². The van der Waals surface area contributed by atoms with Gasteiger partial charge in [-0.3, -0.25) is 0 Å². The molecule has 0 aliphatic carbocycles. The number of allylic oxidation sites excluding steroid dienone is 1. The lowest BCUT2D eigenvalue weighted by molar-refractivity contribution is 0.0612. The lowest BCUT2D eigenvalue weighted by Crippen LogP contribution is -2.25. The predicted molar refractivity (Wildman–Crippen MR) is 91.2 cm³/mol. The molecule has 1 saturated heterocycles. The standard InChI is InChI=1S/C19H26N2O/c1-5-19(3,4)18-20-16-12-14(2)6-7-17(16)21(18)13-15-8-10-22-11-9-15/h5-7,12,15H,1,8-11,13H2,2-4H3. The summed E-state index contributed by atoms with van der Waals surface area (Å²) in [6.07, 6.45) is 4.28. The van der Waals surface area contributed by atoms with Crippen molar-refractivity contribution >= 4 is 11.0 Å². The van der Waals surface area contributed by atoms with Gasteiger partial charge in [0.25, 0.3) is 0 Å². The molecule has 2 heterocycles. The summed E-state index contributed by atoms with van der Waals surface area (Å²) in [6, 6.07) is 6.56. The van der Waals surface area contributed by atoms with Crippen LogP contribution in [0.3, 0.4) is 0 Å². The minimum absolute atomic E-state index is 0.127. The average Bonchev–Trinajstić information content (AvgIpc) is 2.87. The van der Waals surface area contributed by atoms with Crippen molar-refractivity contribution < 1.29 is 4.74 Å². The van der Waals surface area contributed by atoms with Crippen LogP contribution < -0.4 is 0 Å². The highest BCUT2D eigenvalue weighted by Crippen LogP contribution is 2.30.